The van der Waals surface area contributed by atoms with E-state index in [-0.39, 0.29) is 0 Å². The Hall–Kier alpha value is -8.34. The maximum absolute atomic E-state index is 6.29. The van der Waals surface area contributed by atoms with Crippen molar-refractivity contribution >= 4 is 65.3 Å². The normalized spacial score (nSPS) is 11.9. The molecule has 3 heterocycles. The van der Waals surface area contributed by atoms with Crippen molar-refractivity contribution in [3.8, 4) is 61.8 Å². The van der Waals surface area contributed by atoms with Crippen LogP contribution in [0.15, 0.2) is 217 Å². The molecule has 4 heteroatoms. The fourth-order valence-corrected chi connectivity index (χ4v) is 9.69. The van der Waals surface area contributed by atoms with Crippen molar-refractivity contribution in [2.24, 2.45) is 0 Å². The Morgan fingerprint density at radius 1 is 0.306 bits per heavy atom. The third kappa shape index (κ3) is 5.40. The monoisotopic (exact) mass is 789 g/mol. The Labute approximate surface area is 356 Å². The van der Waals surface area contributed by atoms with Gasteiger partial charge in [-0.2, -0.15) is 0 Å². The molecule has 62 heavy (non-hydrogen) atoms. The molecule has 0 spiro atoms. The van der Waals surface area contributed by atoms with Crippen LogP contribution in [0.3, 0.4) is 0 Å². The molecule has 10 aromatic carbocycles. The fourth-order valence-electron chi connectivity index (χ4n) is 9.69. The molecule has 0 saturated heterocycles. The molecule has 0 radical (unpaired) electrons. The number of aromatic nitrogens is 3. The zero-order valence-electron chi connectivity index (χ0n) is 33.5. The molecular weight excluding hydrogens is 755 g/mol. The summed E-state index contributed by atoms with van der Waals surface area (Å²) in [5, 5.41) is 9.76. The molecule has 4 nitrogen and oxygen atoms in total. The van der Waals surface area contributed by atoms with Gasteiger partial charge in [-0.1, -0.05) is 158 Å². The zero-order valence-corrected chi connectivity index (χ0v) is 33.5. The maximum Gasteiger partial charge on any atom is 0.162 e. The predicted molar refractivity (Wildman–Crippen MR) is 257 cm³/mol. The number of hydrogen-bond acceptors (Lipinski definition) is 3. The third-order valence-electron chi connectivity index (χ3n) is 12.6. The second-order valence-corrected chi connectivity index (χ2v) is 16.1. The van der Waals surface area contributed by atoms with Crippen molar-refractivity contribution in [1.82, 2.24) is 14.5 Å². The lowest BCUT2D eigenvalue weighted by atomic mass is 9.91. The van der Waals surface area contributed by atoms with E-state index in [1.165, 1.54) is 59.8 Å². The summed E-state index contributed by atoms with van der Waals surface area (Å²) in [5.74, 6) is 1.52. The van der Waals surface area contributed by atoms with Gasteiger partial charge >= 0.3 is 0 Å². The van der Waals surface area contributed by atoms with Gasteiger partial charge in [0.25, 0.3) is 0 Å². The van der Waals surface area contributed by atoms with E-state index in [1.54, 1.807) is 0 Å². The Kier molecular flexibility index (Phi) is 7.57. The lowest BCUT2D eigenvalue weighted by Crippen LogP contribution is -2.02. The third-order valence-corrected chi connectivity index (χ3v) is 12.6. The van der Waals surface area contributed by atoms with Gasteiger partial charge < -0.3 is 4.42 Å². The summed E-state index contributed by atoms with van der Waals surface area (Å²) in [7, 11) is 0. The van der Waals surface area contributed by atoms with Crippen LogP contribution in [0.4, 0.5) is 0 Å². The lowest BCUT2D eigenvalue weighted by molar-refractivity contribution is 0.669. The van der Waals surface area contributed by atoms with Gasteiger partial charge in [0.05, 0.1) is 16.7 Å². The van der Waals surface area contributed by atoms with Crippen LogP contribution in [-0.2, 0) is 0 Å². The highest BCUT2D eigenvalue weighted by molar-refractivity contribution is 6.33. The first-order valence-corrected chi connectivity index (χ1v) is 21.1. The lowest BCUT2D eigenvalue weighted by Gasteiger charge is -2.13. The molecule has 3 aromatic heterocycles. The number of benzene rings is 10. The quantitative estimate of drug-likeness (QED) is 0.158. The molecule has 0 aliphatic heterocycles. The summed E-state index contributed by atoms with van der Waals surface area (Å²) in [4.78, 5) is 10.4. The molecule has 0 N–H and O–H groups in total. The van der Waals surface area contributed by atoms with E-state index in [4.69, 9.17) is 14.4 Å². The van der Waals surface area contributed by atoms with Crippen LogP contribution < -0.4 is 0 Å². The maximum atomic E-state index is 6.29. The van der Waals surface area contributed by atoms with Crippen molar-refractivity contribution in [1.29, 1.82) is 0 Å². The predicted octanol–water partition coefficient (Wildman–Crippen LogP) is 15.6. The van der Waals surface area contributed by atoms with Crippen LogP contribution in [0.5, 0.6) is 0 Å². The molecule has 13 rings (SSSR count). The molecule has 0 amide bonds. The van der Waals surface area contributed by atoms with Crippen molar-refractivity contribution in [2.45, 2.75) is 0 Å². The Morgan fingerprint density at radius 3 is 1.39 bits per heavy atom. The molecule has 0 bridgehead atoms. The number of nitrogens with zero attached hydrogens (tertiary/aromatic N) is 3. The summed E-state index contributed by atoms with van der Waals surface area (Å²) >= 11 is 0. The van der Waals surface area contributed by atoms with Crippen molar-refractivity contribution in [2.75, 3.05) is 0 Å². The van der Waals surface area contributed by atoms with E-state index in [1.807, 2.05) is 18.2 Å². The molecule has 288 valence electrons. The number of para-hydroxylation sites is 2. The SMILES string of the molecule is c1ccc(-c2nc(-c3cccc(-c4cccc(-c5cccc(-c6ccc7c(c6)c6cccc8oc9cccc7c9c86)c5)c4)c3)cc(-n3c4ccccc4c4ccccc43)n2)cc1. The number of rotatable bonds is 6. The highest BCUT2D eigenvalue weighted by atomic mass is 16.3. The molecule has 0 unspecified atom stereocenters. The second kappa shape index (κ2) is 13.6. The molecule has 0 aliphatic carbocycles. The molecule has 0 atom stereocenters. The average molecular weight is 790 g/mol. The van der Waals surface area contributed by atoms with E-state index in [0.717, 1.165) is 61.5 Å². The van der Waals surface area contributed by atoms with Gasteiger partial charge in [-0.3, -0.25) is 4.57 Å². The minimum absolute atomic E-state index is 0.687. The van der Waals surface area contributed by atoms with E-state index < -0.39 is 0 Å². The number of hydrogen-bond donors (Lipinski definition) is 0. The standard InChI is InChI=1S/C58H35N3O/c1-2-13-36(14-3-1)58-59-50(35-55(60-58)61-51-25-6-4-21-45(51)46-22-5-7-26-52(46)61)43-20-10-19-41(33-43)39-17-8-15-37(31-39)38-16-9-18-40(32-38)42-29-30-44-47-23-11-27-53-56(47)57-48(49(44)34-42)24-12-28-54(57)62-53/h1-35H. The second-order valence-electron chi connectivity index (χ2n) is 16.1. The summed E-state index contributed by atoms with van der Waals surface area (Å²) in [6.07, 6.45) is 0. The summed E-state index contributed by atoms with van der Waals surface area (Å²) in [6.45, 7) is 0. The van der Waals surface area contributed by atoms with Gasteiger partial charge in [0.2, 0.25) is 0 Å². The minimum atomic E-state index is 0.687. The summed E-state index contributed by atoms with van der Waals surface area (Å²) < 4.78 is 8.56. The first kappa shape index (κ1) is 34.5. The van der Waals surface area contributed by atoms with Gasteiger partial charge in [-0.15, -0.1) is 0 Å². The Bertz CT molecular complexity index is 3820. The van der Waals surface area contributed by atoms with Crippen LogP contribution in [0, 0.1) is 0 Å². The first-order valence-electron chi connectivity index (χ1n) is 21.1. The van der Waals surface area contributed by atoms with Crippen LogP contribution >= 0.6 is 0 Å². The topological polar surface area (TPSA) is 43.9 Å². The molecule has 0 aliphatic rings. The van der Waals surface area contributed by atoms with Gasteiger partial charge in [-0.25, -0.2) is 9.97 Å². The highest BCUT2D eigenvalue weighted by Crippen LogP contribution is 2.44. The number of fused-ring (bicyclic) bond motifs is 6. The molecule has 0 saturated carbocycles. The van der Waals surface area contributed by atoms with Crippen molar-refractivity contribution < 1.29 is 4.42 Å². The van der Waals surface area contributed by atoms with Gasteiger partial charge in [0, 0.05) is 38.7 Å². The van der Waals surface area contributed by atoms with E-state index >= 15 is 0 Å². The Balaban J connectivity index is 0.892. The van der Waals surface area contributed by atoms with Crippen molar-refractivity contribution in [3.05, 3.63) is 212 Å². The van der Waals surface area contributed by atoms with E-state index in [2.05, 4.69) is 199 Å². The van der Waals surface area contributed by atoms with Crippen LogP contribution in [0.25, 0.3) is 127 Å². The molecule has 0 fully saturated rings. The minimum Gasteiger partial charge on any atom is -0.456 e. The summed E-state index contributed by atoms with van der Waals surface area (Å²) in [5.41, 5.74) is 13.9. The van der Waals surface area contributed by atoms with Gasteiger partial charge in [-0.05, 0) is 103 Å². The first-order chi connectivity index (χ1) is 30.7. The fraction of sp³-hybridized carbons (Fsp3) is 0. The number of furan rings is 1. The van der Waals surface area contributed by atoms with Crippen LogP contribution in [-0.4, -0.2) is 14.5 Å². The smallest absolute Gasteiger partial charge is 0.162 e. The van der Waals surface area contributed by atoms with E-state index in [0.29, 0.717) is 5.82 Å². The van der Waals surface area contributed by atoms with Crippen LogP contribution in [0.2, 0.25) is 0 Å². The molecule has 13 aromatic rings. The van der Waals surface area contributed by atoms with Crippen LogP contribution in [0.1, 0.15) is 0 Å². The van der Waals surface area contributed by atoms with Gasteiger partial charge in [0.1, 0.15) is 17.0 Å². The summed E-state index contributed by atoms with van der Waals surface area (Å²) in [6, 6.07) is 75.6. The van der Waals surface area contributed by atoms with Gasteiger partial charge in [0.15, 0.2) is 5.82 Å². The Morgan fingerprint density at radius 2 is 0.774 bits per heavy atom. The largest absolute Gasteiger partial charge is 0.456 e. The highest BCUT2D eigenvalue weighted by Gasteiger charge is 2.19. The van der Waals surface area contributed by atoms with E-state index in [9.17, 15) is 0 Å². The van der Waals surface area contributed by atoms with Crippen molar-refractivity contribution in [3.63, 3.8) is 0 Å². The zero-order chi connectivity index (χ0) is 40.7. The average Bonchev–Trinajstić information content (AvgIpc) is 3.90. The molecular formula is C58H35N3O.